The van der Waals surface area contributed by atoms with Crippen LogP contribution in [0.3, 0.4) is 0 Å². The number of oxazole rings is 1. The van der Waals surface area contributed by atoms with Crippen LogP contribution < -0.4 is 4.90 Å². The van der Waals surface area contributed by atoms with Gasteiger partial charge in [-0.2, -0.15) is 0 Å². The zero-order valence-corrected chi connectivity index (χ0v) is 18.7. The van der Waals surface area contributed by atoms with Crippen molar-refractivity contribution in [1.29, 1.82) is 0 Å². The van der Waals surface area contributed by atoms with E-state index in [1.54, 1.807) is 12.1 Å². The third kappa shape index (κ3) is 4.49. The lowest BCUT2D eigenvalue weighted by Crippen LogP contribution is -2.50. The Labute approximate surface area is 187 Å². The molecule has 3 heterocycles. The van der Waals surface area contributed by atoms with Crippen molar-refractivity contribution in [3.05, 3.63) is 60.1 Å². The summed E-state index contributed by atoms with van der Waals surface area (Å²) >= 11 is 0. The molecule has 0 unspecified atom stereocenters. The van der Waals surface area contributed by atoms with Gasteiger partial charge >= 0.3 is 0 Å². The van der Waals surface area contributed by atoms with Crippen molar-refractivity contribution < 1.29 is 13.6 Å². The van der Waals surface area contributed by atoms with Crippen LogP contribution in [-0.2, 0) is 6.42 Å². The van der Waals surface area contributed by atoms with E-state index in [2.05, 4.69) is 26.8 Å². The van der Waals surface area contributed by atoms with Gasteiger partial charge in [-0.1, -0.05) is 6.92 Å². The van der Waals surface area contributed by atoms with Gasteiger partial charge in [0.15, 0.2) is 12.2 Å². The first-order valence-corrected chi connectivity index (χ1v) is 11.0. The molecule has 1 aromatic carbocycles. The van der Waals surface area contributed by atoms with Crippen molar-refractivity contribution in [2.24, 2.45) is 0 Å². The van der Waals surface area contributed by atoms with Gasteiger partial charge in [-0.25, -0.2) is 19.3 Å². The van der Waals surface area contributed by atoms with Crippen molar-refractivity contribution in [2.45, 2.75) is 52.1 Å². The van der Waals surface area contributed by atoms with Crippen LogP contribution in [0.1, 0.15) is 49.5 Å². The Balaban J connectivity index is 1.46. The highest BCUT2D eigenvalue weighted by atomic mass is 19.1. The lowest BCUT2D eigenvalue weighted by atomic mass is 9.99. The minimum Gasteiger partial charge on any atom is -0.443 e. The van der Waals surface area contributed by atoms with Gasteiger partial charge in [-0.05, 0) is 56.9 Å². The quantitative estimate of drug-likeness (QED) is 0.571. The van der Waals surface area contributed by atoms with Gasteiger partial charge in [0.2, 0.25) is 5.95 Å². The number of benzene rings is 1. The van der Waals surface area contributed by atoms with Gasteiger partial charge in [0, 0.05) is 43.1 Å². The number of hydrogen-bond acceptors (Lipinski definition) is 6. The molecule has 168 valence electrons. The molecule has 0 spiro atoms. The number of amides is 1. The van der Waals surface area contributed by atoms with Crippen LogP contribution in [0.5, 0.6) is 0 Å². The first kappa shape index (κ1) is 21.9. The molecule has 2 aromatic heterocycles. The number of aromatic nitrogens is 3. The molecule has 3 aromatic rings. The second kappa shape index (κ2) is 9.46. The Hall–Kier alpha value is -3.29. The Morgan fingerprint density at radius 3 is 2.50 bits per heavy atom. The SMILES string of the molecule is CCc1cnc(N2CCC(N(C(=O)c3ccc(-c4cnco4)c(F)c3)C(C)C)CC2)nc1. The molecule has 0 N–H and O–H groups in total. The maximum absolute atomic E-state index is 14.7. The van der Waals surface area contributed by atoms with Gasteiger partial charge in [-0.3, -0.25) is 4.79 Å². The normalized spacial score (nSPS) is 14.7. The number of anilines is 1. The zero-order chi connectivity index (χ0) is 22.7. The van der Waals surface area contributed by atoms with Crippen LogP contribution >= 0.6 is 0 Å². The van der Waals surface area contributed by atoms with E-state index in [1.165, 1.54) is 18.7 Å². The van der Waals surface area contributed by atoms with E-state index in [4.69, 9.17) is 4.42 Å². The molecule has 0 radical (unpaired) electrons. The molecule has 0 atom stereocenters. The maximum Gasteiger partial charge on any atom is 0.254 e. The molecule has 4 rings (SSSR count). The molecule has 8 heteroatoms. The van der Waals surface area contributed by atoms with E-state index >= 15 is 0 Å². The van der Waals surface area contributed by atoms with Gasteiger partial charge in [-0.15, -0.1) is 0 Å². The van der Waals surface area contributed by atoms with Crippen molar-refractivity contribution in [3.8, 4) is 11.3 Å². The standard InChI is InChI=1S/C24H28FN5O2/c1-4-17-12-27-24(28-13-17)29-9-7-19(8-10-29)30(16(2)3)23(31)18-5-6-20(21(25)11-18)22-14-26-15-32-22/h5-6,11-16,19H,4,7-10H2,1-3H3. The largest absolute Gasteiger partial charge is 0.443 e. The van der Waals surface area contributed by atoms with E-state index < -0.39 is 5.82 Å². The number of nitrogens with zero attached hydrogens (tertiary/aromatic N) is 5. The summed E-state index contributed by atoms with van der Waals surface area (Å²) in [4.78, 5) is 30.2. The fourth-order valence-electron chi connectivity index (χ4n) is 4.21. The minimum absolute atomic E-state index is 0.00357. The van der Waals surface area contributed by atoms with E-state index in [1.807, 2.05) is 31.1 Å². The predicted octanol–water partition coefficient (Wildman–Crippen LogP) is 4.35. The molecule has 1 aliphatic rings. The van der Waals surface area contributed by atoms with Crippen LogP contribution in [0.4, 0.5) is 10.3 Å². The summed E-state index contributed by atoms with van der Waals surface area (Å²) in [5, 5.41) is 0. The highest BCUT2D eigenvalue weighted by Crippen LogP contribution is 2.27. The van der Waals surface area contributed by atoms with Crippen LogP contribution in [0, 0.1) is 5.82 Å². The number of piperidine rings is 1. The number of rotatable bonds is 6. The van der Waals surface area contributed by atoms with E-state index in [0.29, 0.717) is 11.3 Å². The van der Waals surface area contributed by atoms with Crippen molar-refractivity contribution >= 4 is 11.9 Å². The highest BCUT2D eigenvalue weighted by molar-refractivity contribution is 5.95. The number of halogens is 1. The molecular formula is C24H28FN5O2. The summed E-state index contributed by atoms with van der Waals surface area (Å²) in [6.45, 7) is 7.61. The maximum atomic E-state index is 14.7. The smallest absolute Gasteiger partial charge is 0.254 e. The monoisotopic (exact) mass is 437 g/mol. The summed E-state index contributed by atoms with van der Waals surface area (Å²) in [6, 6.07) is 4.58. The van der Waals surface area contributed by atoms with Crippen molar-refractivity contribution in [3.63, 3.8) is 0 Å². The van der Waals surface area contributed by atoms with Crippen LogP contribution in [-0.4, -0.2) is 50.9 Å². The Morgan fingerprint density at radius 1 is 1.22 bits per heavy atom. The van der Waals surface area contributed by atoms with E-state index in [9.17, 15) is 9.18 Å². The van der Waals surface area contributed by atoms with Gasteiger partial charge in [0.05, 0.1) is 11.8 Å². The molecule has 0 aliphatic carbocycles. The molecule has 1 fully saturated rings. The van der Waals surface area contributed by atoms with Crippen LogP contribution in [0.15, 0.2) is 47.6 Å². The lowest BCUT2D eigenvalue weighted by molar-refractivity contribution is 0.0573. The van der Waals surface area contributed by atoms with Crippen LogP contribution in [0.2, 0.25) is 0 Å². The molecule has 1 aliphatic heterocycles. The first-order chi connectivity index (χ1) is 15.5. The molecular weight excluding hydrogens is 409 g/mol. The first-order valence-electron chi connectivity index (χ1n) is 11.0. The second-order valence-corrected chi connectivity index (χ2v) is 8.33. The second-order valence-electron chi connectivity index (χ2n) is 8.33. The molecule has 0 bridgehead atoms. The Kier molecular flexibility index (Phi) is 6.48. The highest BCUT2D eigenvalue weighted by Gasteiger charge is 2.31. The van der Waals surface area contributed by atoms with E-state index in [-0.39, 0.29) is 23.6 Å². The summed E-state index contributed by atoms with van der Waals surface area (Å²) in [5.41, 5.74) is 1.74. The Bertz CT molecular complexity index is 1040. The summed E-state index contributed by atoms with van der Waals surface area (Å²) in [6.07, 6.45) is 8.97. The average molecular weight is 438 g/mol. The average Bonchev–Trinajstić information content (AvgIpc) is 3.34. The molecule has 1 saturated heterocycles. The van der Waals surface area contributed by atoms with E-state index in [0.717, 1.165) is 43.9 Å². The number of carbonyl (C=O) groups is 1. The molecule has 32 heavy (non-hydrogen) atoms. The topological polar surface area (TPSA) is 75.4 Å². The summed E-state index contributed by atoms with van der Waals surface area (Å²) in [7, 11) is 0. The third-order valence-corrected chi connectivity index (χ3v) is 5.95. The lowest BCUT2D eigenvalue weighted by Gasteiger charge is -2.40. The summed E-state index contributed by atoms with van der Waals surface area (Å²) < 4.78 is 19.9. The predicted molar refractivity (Wildman–Crippen MR) is 120 cm³/mol. The zero-order valence-electron chi connectivity index (χ0n) is 18.7. The van der Waals surface area contributed by atoms with Crippen molar-refractivity contribution in [1.82, 2.24) is 19.9 Å². The van der Waals surface area contributed by atoms with Gasteiger partial charge in [0.25, 0.3) is 5.91 Å². The number of aryl methyl sites for hydroxylation is 1. The third-order valence-electron chi connectivity index (χ3n) is 5.95. The molecule has 0 saturated carbocycles. The Morgan fingerprint density at radius 2 is 1.94 bits per heavy atom. The minimum atomic E-state index is -0.501. The van der Waals surface area contributed by atoms with Gasteiger partial charge < -0.3 is 14.2 Å². The fourth-order valence-corrected chi connectivity index (χ4v) is 4.21. The van der Waals surface area contributed by atoms with Crippen molar-refractivity contribution in [2.75, 3.05) is 18.0 Å². The van der Waals surface area contributed by atoms with Crippen LogP contribution in [0.25, 0.3) is 11.3 Å². The molecule has 1 amide bonds. The summed E-state index contributed by atoms with van der Waals surface area (Å²) in [5.74, 6) is 0.403. The number of hydrogen-bond donors (Lipinski definition) is 0. The van der Waals surface area contributed by atoms with Gasteiger partial charge in [0.1, 0.15) is 5.82 Å². The molecule has 7 nitrogen and oxygen atoms in total. The fraction of sp³-hybridized carbons (Fsp3) is 0.417. The number of carbonyl (C=O) groups excluding carboxylic acids is 1.